The molecule has 2 aromatic carbocycles. The van der Waals surface area contributed by atoms with Crippen LogP contribution in [0.25, 0.3) is 17.1 Å². The highest BCUT2D eigenvalue weighted by Gasteiger charge is 2.28. The van der Waals surface area contributed by atoms with Crippen LogP contribution in [0.15, 0.2) is 64.5 Å². The summed E-state index contributed by atoms with van der Waals surface area (Å²) in [6, 6.07) is 15.4. The van der Waals surface area contributed by atoms with Gasteiger partial charge in [0, 0.05) is 18.8 Å². The quantitative estimate of drug-likeness (QED) is 0.323. The smallest absolute Gasteiger partial charge is 0.284 e. The standard InChI is InChI=1S/C26H26FN5O2S/c1-17(24(33)28-16-18-11-13-19(27)14-12-18)35-26-29-23-22(21-10-6-3-7-15-31(21)26)25(34)32(30-23)20-8-4-2-5-9-20/h2,4-5,8-9,11-14,17H,3,6-7,10,15-16H2,1H3,(H,28,33). The highest BCUT2D eigenvalue weighted by molar-refractivity contribution is 8.00. The summed E-state index contributed by atoms with van der Waals surface area (Å²) in [5.74, 6) is -0.0314. The minimum Gasteiger partial charge on any atom is -0.351 e. The normalized spacial score (nSPS) is 14.3. The number of nitrogens with one attached hydrogen (secondary N) is 1. The molecule has 0 spiro atoms. The Balaban J connectivity index is 1.45. The van der Waals surface area contributed by atoms with Crippen LogP contribution in [0.4, 0.5) is 4.39 Å². The number of hydrogen-bond acceptors (Lipinski definition) is 5. The lowest BCUT2D eigenvalue weighted by Crippen LogP contribution is -2.31. The van der Waals surface area contributed by atoms with Crippen molar-refractivity contribution in [2.75, 3.05) is 0 Å². The van der Waals surface area contributed by atoms with Gasteiger partial charge in [0.2, 0.25) is 5.91 Å². The largest absolute Gasteiger partial charge is 0.351 e. The van der Waals surface area contributed by atoms with Crippen LogP contribution in [-0.4, -0.2) is 30.5 Å². The van der Waals surface area contributed by atoms with Gasteiger partial charge in [-0.2, -0.15) is 4.68 Å². The molecule has 7 nitrogen and oxygen atoms in total. The molecule has 35 heavy (non-hydrogen) atoms. The number of nitrogens with zero attached hydrogens (tertiary/aromatic N) is 4. The number of carbonyl (C=O) groups is 1. The molecule has 9 heteroatoms. The van der Waals surface area contributed by atoms with Gasteiger partial charge in [0.05, 0.1) is 10.9 Å². The summed E-state index contributed by atoms with van der Waals surface area (Å²) in [5, 5.41) is 7.74. The fraction of sp³-hybridized carbons (Fsp3) is 0.308. The lowest BCUT2D eigenvalue weighted by molar-refractivity contribution is -0.120. The molecule has 1 N–H and O–H groups in total. The van der Waals surface area contributed by atoms with E-state index in [1.54, 1.807) is 12.1 Å². The van der Waals surface area contributed by atoms with E-state index in [2.05, 4.69) is 15.0 Å². The van der Waals surface area contributed by atoms with Crippen LogP contribution in [0.2, 0.25) is 0 Å². The van der Waals surface area contributed by atoms with Crippen molar-refractivity contribution in [2.45, 2.75) is 56.1 Å². The lowest BCUT2D eigenvalue weighted by atomic mass is 10.1. The summed E-state index contributed by atoms with van der Waals surface area (Å²) in [5.41, 5.74) is 2.88. The third kappa shape index (κ3) is 4.86. The number of para-hydroxylation sites is 1. The van der Waals surface area contributed by atoms with Crippen LogP contribution in [0, 0.1) is 5.82 Å². The van der Waals surface area contributed by atoms with Crippen molar-refractivity contribution in [3.63, 3.8) is 0 Å². The zero-order valence-electron chi connectivity index (χ0n) is 19.4. The maximum Gasteiger partial charge on any atom is 0.284 e. The van der Waals surface area contributed by atoms with Crippen LogP contribution >= 0.6 is 11.8 Å². The van der Waals surface area contributed by atoms with Gasteiger partial charge in [-0.15, -0.1) is 5.10 Å². The number of fused-ring (bicyclic) bond motifs is 3. The predicted octanol–water partition coefficient (Wildman–Crippen LogP) is 4.20. The number of halogens is 1. The van der Waals surface area contributed by atoms with Crippen LogP contribution in [0.3, 0.4) is 0 Å². The first-order chi connectivity index (χ1) is 17.0. The van der Waals surface area contributed by atoms with Crippen molar-refractivity contribution in [1.82, 2.24) is 24.6 Å². The van der Waals surface area contributed by atoms with Crippen molar-refractivity contribution in [3.05, 3.63) is 82.0 Å². The number of rotatable bonds is 6. The van der Waals surface area contributed by atoms with Crippen molar-refractivity contribution in [2.24, 2.45) is 0 Å². The average Bonchev–Trinajstić information content (AvgIpc) is 3.03. The van der Waals surface area contributed by atoms with E-state index in [4.69, 9.17) is 4.98 Å². The van der Waals surface area contributed by atoms with Crippen LogP contribution in [-0.2, 0) is 24.3 Å². The van der Waals surface area contributed by atoms with Gasteiger partial charge in [-0.1, -0.05) is 48.5 Å². The van der Waals surface area contributed by atoms with Crippen LogP contribution in [0.5, 0.6) is 0 Å². The number of carbonyl (C=O) groups excluding carboxylic acids is 1. The topological polar surface area (TPSA) is 81.8 Å². The number of benzene rings is 2. The van der Waals surface area contributed by atoms with Gasteiger partial charge in [0.1, 0.15) is 11.4 Å². The Hall–Kier alpha value is -3.46. The number of aromatic nitrogens is 4. The maximum absolute atomic E-state index is 13.3. The van der Waals surface area contributed by atoms with Gasteiger partial charge in [-0.05, 0) is 56.0 Å². The SMILES string of the molecule is CC(Sc1nc2nn(-c3ccccc3)c(=O)c-2c2n1CCCCC2)C(=O)NCc1ccc(F)cc1. The zero-order valence-corrected chi connectivity index (χ0v) is 20.2. The average molecular weight is 492 g/mol. The lowest BCUT2D eigenvalue weighted by Gasteiger charge is -2.19. The molecule has 2 aromatic rings. The van der Waals surface area contributed by atoms with Gasteiger partial charge in [-0.3, -0.25) is 9.59 Å². The Kier molecular flexibility index (Phi) is 6.68. The van der Waals surface area contributed by atoms with E-state index in [1.165, 1.54) is 28.6 Å². The minimum atomic E-state index is -0.414. The van der Waals surface area contributed by atoms with Crippen LogP contribution in [0.1, 0.15) is 37.4 Å². The summed E-state index contributed by atoms with van der Waals surface area (Å²) in [6.45, 7) is 2.91. The highest BCUT2D eigenvalue weighted by Crippen LogP contribution is 2.32. The van der Waals surface area contributed by atoms with Crippen molar-refractivity contribution in [3.8, 4) is 17.1 Å². The fourth-order valence-electron chi connectivity index (χ4n) is 4.33. The van der Waals surface area contributed by atoms with E-state index in [0.29, 0.717) is 28.8 Å². The molecule has 0 radical (unpaired) electrons. The molecule has 0 aliphatic carbocycles. The molecule has 0 bridgehead atoms. The minimum absolute atomic E-state index is 0.136. The van der Waals surface area contributed by atoms with Crippen molar-refractivity contribution >= 4 is 17.7 Å². The van der Waals surface area contributed by atoms with E-state index in [0.717, 1.165) is 43.5 Å². The molecule has 0 saturated heterocycles. The Labute approximate surface area is 206 Å². The predicted molar refractivity (Wildman–Crippen MR) is 133 cm³/mol. The highest BCUT2D eigenvalue weighted by atomic mass is 32.2. The second-order valence-electron chi connectivity index (χ2n) is 8.66. The van der Waals surface area contributed by atoms with Gasteiger partial charge >= 0.3 is 0 Å². The van der Waals surface area contributed by atoms with Gasteiger partial charge < -0.3 is 9.88 Å². The molecule has 3 heterocycles. The summed E-state index contributed by atoms with van der Waals surface area (Å²) < 4.78 is 16.6. The number of thioether (sulfide) groups is 1. The molecular weight excluding hydrogens is 465 g/mol. The third-order valence-corrected chi connectivity index (χ3v) is 7.29. The summed E-state index contributed by atoms with van der Waals surface area (Å²) in [7, 11) is 0. The second-order valence-corrected chi connectivity index (χ2v) is 9.97. The Morgan fingerprint density at radius 2 is 1.89 bits per heavy atom. The Bertz CT molecular complexity index is 1370. The molecule has 1 atom stereocenters. The van der Waals surface area contributed by atoms with E-state index in [-0.39, 0.29) is 17.3 Å². The van der Waals surface area contributed by atoms with Crippen molar-refractivity contribution in [1.29, 1.82) is 0 Å². The van der Waals surface area contributed by atoms with Crippen LogP contribution < -0.4 is 10.9 Å². The first-order valence-corrected chi connectivity index (χ1v) is 12.7. The van der Waals surface area contributed by atoms with E-state index in [9.17, 15) is 14.0 Å². The van der Waals surface area contributed by atoms with E-state index in [1.807, 2.05) is 37.3 Å². The monoisotopic (exact) mass is 491 g/mol. The zero-order chi connectivity index (χ0) is 24.4. The molecule has 5 rings (SSSR count). The Morgan fingerprint density at radius 1 is 1.11 bits per heavy atom. The Morgan fingerprint density at radius 3 is 2.66 bits per heavy atom. The molecular formula is C26H26FN5O2S. The molecule has 0 fully saturated rings. The maximum atomic E-state index is 13.3. The molecule has 3 aliphatic heterocycles. The summed E-state index contributed by atoms with van der Waals surface area (Å²) in [4.78, 5) is 30.9. The third-order valence-electron chi connectivity index (χ3n) is 6.20. The molecule has 1 amide bonds. The van der Waals surface area contributed by atoms with Crippen molar-refractivity contribution < 1.29 is 9.18 Å². The number of hydrogen-bond donors (Lipinski definition) is 1. The second kappa shape index (κ2) is 10.0. The summed E-state index contributed by atoms with van der Waals surface area (Å²) >= 11 is 1.37. The number of amides is 1. The van der Waals surface area contributed by atoms with Gasteiger partial charge in [0.25, 0.3) is 5.56 Å². The van der Waals surface area contributed by atoms with Gasteiger partial charge in [-0.25, -0.2) is 9.37 Å². The molecule has 1 unspecified atom stereocenters. The molecule has 3 aliphatic rings. The van der Waals surface area contributed by atoms with Gasteiger partial charge in [0.15, 0.2) is 11.0 Å². The van der Waals surface area contributed by atoms with E-state index >= 15 is 0 Å². The van der Waals surface area contributed by atoms with E-state index < -0.39 is 5.25 Å². The molecule has 0 saturated carbocycles. The summed E-state index contributed by atoms with van der Waals surface area (Å²) in [6.07, 6.45) is 3.83. The molecule has 0 aromatic heterocycles. The first kappa shape index (κ1) is 23.3. The first-order valence-electron chi connectivity index (χ1n) is 11.8. The molecule has 180 valence electrons. The fourth-order valence-corrected chi connectivity index (χ4v) is 5.31.